The Bertz CT molecular complexity index is 280. The minimum absolute atomic E-state index is 0.115. The van der Waals surface area contributed by atoms with Gasteiger partial charge in [-0.15, -0.1) is 0 Å². The zero-order chi connectivity index (χ0) is 13.6. The Morgan fingerprint density at radius 3 is 2.42 bits per heavy atom. The molecule has 0 aromatic rings. The molecule has 1 heterocycles. The predicted octanol–water partition coefficient (Wildman–Crippen LogP) is 1.58. The summed E-state index contributed by atoms with van der Waals surface area (Å²) < 4.78 is 0. The van der Waals surface area contributed by atoms with Gasteiger partial charge in [0.15, 0.2) is 0 Å². The second-order valence-electron chi connectivity index (χ2n) is 6.31. The highest BCUT2D eigenvalue weighted by Crippen LogP contribution is 2.26. The fraction of sp³-hybridized carbons (Fsp3) is 0.933. The molecule has 3 N–H and O–H groups in total. The van der Waals surface area contributed by atoms with E-state index in [4.69, 9.17) is 0 Å². The minimum atomic E-state index is -0.652. The van der Waals surface area contributed by atoms with Crippen molar-refractivity contribution < 1.29 is 9.90 Å². The van der Waals surface area contributed by atoms with Crippen LogP contribution in [0.25, 0.3) is 0 Å². The Morgan fingerprint density at radius 2 is 1.79 bits per heavy atom. The lowest BCUT2D eigenvalue weighted by molar-refractivity contribution is -0.123. The first-order chi connectivity index (χ1) is 9.18. The van der Waals surface area contributed by atoms with Crippen LogP contribution in [0.4, 0.5) is 0 Å². The molecular weight excluding hydrogens is 240 g/mol. The van der Waals surface area contributed by atoms with Crippen LogP contribution < -0.4 is 10.6 Å². The summed E-state index contributed by atoms with van der Waals surface area (Å²) >= 11 is 0. The molecule has 1 amide bonds. The number of aliphatic hydroxyl groups is 1. The van der Waals surface area contributed by atoms with Gasteiger partial charge in [0.2, 0.25) is 5.91 Å². The molecular formula is C15H28N2O2. The van der Waals surface area contributed by atoms with Crippen molar-refractivity contribution in [3.63, 3.8) is 0 Å². The Hall–Kier alpha value is -0.610. The molecule has 110 valence electrons. The third-order valence-electron chi connectivity index (χ3n) is 4.58. The zero-order valence-corrected chi connectivity index (χ0v) is 11.9. The molecule has 0 unspecified atom stereocenters. The molecule has 1 aliphatic heterocycles. The summed E-state index contributed by atoms with van der Waals surface area (Å²) in [4.78, 5) is 11.9. The number of amides is 1. The Labute approximate surface area is 116 Å². The van der Waals surface area contributed by atoms with E-state index in [1.54, 1.807) is 0 Å². The topological polar surface area (TPSA) is 61.4 Å². The monoisotopic (exact) mass is 268 g/mol. The molecule has 4 heteroatoms. The Balaban J connectivity index is 1.69. The van der Waals surface area contributed by atoms with Crippen LogP contribution in [0.1, 0.15) is 57.8 Å². The zero-order valence-electron chi connectivity index (χ0n) is 11.9. The summed E-state index contributed by atoms with van der Waals surface area (Å²) in [5.41, 5.74) is -0.652. The van der Waals surface area contributed by atoms with Crippen molar-refractivity contribution in [1.29, 1.82) is 0 Å². The van der Waals surface area contributed by atoms with Crippen LogP contribution in [-0.2, 0) is 4.79 Å². The van der Waals surface area contributed by atoms with E-state index in [1.807, 2.05) is 0 Å². The van der Waals surface area contributed by atoms with Gasteiger partial charge in [0.05, 0.1) is 5.60 Å². The summed E-state index contributed by atoms with van der Waals surface area (Å²) in [5, 5.41) is 16.8. The average molecular weight is 268 g/mol. The van der Waals surface area contributed by atoms with E-state index in [1.165, 1.54) is 12.8 Å². The molecule has 0 aromatic carbocycles. The number of nitrogens with one attached hydrogen (secondary N) is 2. The number of rotatable bonds is 4. The lowest BCUT2D eigenvalue weighted by atomic mass is 9.93. The number of carbonyl (C=O) groups is 1. The number of hydrogen-bond donors (Lipinski definition) is 3. The van der Waals surface area contributed by atoms with Gasteiger partial charge in [-0.25, -0.2) is 0 Å². The van der Waals surface area contributed by atoms with Gasteiger partial charge in [-0.1, -0.05) is 25.7 Å². The Morgan fingerprint density at radius 1 is 1.16 bits per heavy atom. The van der Waals surface area contributed by atoms with Crippen molar-refractivity contribution in [2.45, 2.75) is 63.4 Å². The summed E-state index contributed by atoms with van der Waals surface area (Å²) in [5.74, 6) is 0.634. The summed E-state index contributed by atoms with van der Waals surface area (Å²) in [6.45, 7) is 2.50. The largest absolute Gasteiger partial charge is 0.388 e. The van der Waals surface area contributed by atoms with Crippen LogP contribution in [0.2, 0.25) is 0 Å². The van der Waals surface area contributed by atoms with E-state index in [9.17, 15) is 9.90 Å². The van der Waals surface area contributed by atoms with Gasteiger partial charge in [-0.05, 0) is 44.7 Å². The fourth-order valence-electron chi connectivity index (χ4n) is 3.25. The first-order valence-corrected chi connectivity index (χ1v) is 7.88. The highest BCUT2D eigenvalue weighted by atomic mass is 16.3. The molecule has 0 bridgehead atoms. The highest BCUT2D eigenvalue weighted by molar-refractivity contribution is 5.76. The van der Waals surface area contributed by atoms with Crippen LogP contribution in [0, 0.1) is 5.92 Å². The van der Waals surface area contributed by atoms with Crippen LogP contribution in [-0.4, -0.2) is 36.2 Å². The second-order valence-corrected chi connectivity index (χ2v) is 6.31. The highest BCUT2D eigenvalue weighted by Gasteiger charge is 2.28. The van der Waals surface area contributed by atoms with E-state index >= 15 is 0 Å². The van der Waals surface area contributed by atoms with Gasteiger partial charge < -0.3 is 15.7 Å². The maximum Gasteiger partial charge on any atom is 0.220 e. The molecule has 0 atom stereocenters. The molecule has 1 saturated carbocycles. The van der Waals surface area contributed by atoms with Gasteiger partial charge in [-0.3, -0.25) is 4.79 Å². The molecule has 2 fully saturated rings. The molecule has 0 aromatic heterocycles. The summed E-state index contributed by atoms with van der Waals surface area (Å²) in [6, 6.07) is 0. The Kier molecular flexibility index (Phi) is 5.64. The van der Waals surface area contributed by atoms with E-state index in [2.05, 4.69) is 10.6 Å². The third kappa shape index (κ3) is 5.11. The average Bonchev–Trinajstić information content (AvgIpc) is 2.63. The lowest BCUT2D eigenvalue weighted by Crippen LogP contribution is -2.43. The van der Waals surface area contributed by atoms with Crippen LogP contribution >= 0.6 is 0 Å². The molecule has 1 saturated heterocycles. The standard InChI is InChI=1S/C15H28N2O2/c18-14(11-13-5-9-16-10-6-13)17-12-15(19)7-3-1-2-4-8-15/h13,16,19H,1-12H2,(H,17,18). The van der Waals surface area contributed by atoms with Crippen molar-refractivity contribution in [3.8, 4) is 0 Å². The lowest BCUT2D eigenvalue weighted by Gasteiger charge is -2.28. The van der Waals surface area contributed by atoms with Gasteiger partial charge in [0.1, 0.15) is 0 Å². The fourth-order valence-corrected chi connectivity index (χ4v) is 3.25. The molecule has 1 aliphatic carbocycles. The van der Waals surface area contributed by atoms with Crippen LogP contribution in [0.15, 0.2) is 0 Å². The van der Waals surface area contributed by atoms with Gasteiger partial charge in [0, 0.05) is 13.0 Å². The van der Waals surface area contributed by atoms with Crippen LogP contribution in [0.5, 0.6) is 0 Å². The predicted molar refractivity (Wildman–Crippen MR) is 75.9 cm³/mol. The molecule has 2 rings (SSSR count). The first-order valence-electron chi connectivity index (χ1n) is 7.88. The van der Waals surface area contributed by atoms with Crippen molar-refractivity contribution in [2.75, 3.05) is 19.6 Å². The van der Waals surface area contributed by atoms with Gasteiger partial charge in [0.25, 0.3) is 0 Å². The molecule has 0 radical (unpaired) electrons. The molecule has 19 heavy (non-hydrogen) atoms. The number of hydrogen-bond acceptors (Lipinski definition) is 3. The smallest absolute Gasteiger partial charge is 0.220 e. The molecule has 0 spiro atoms. The SMILES string of the molecule is O=C(CC1CCNCC1)NCC1(O)CCCCCC1. The van der Waals surface area contributed by atoms with Gasteiger partial charge >= 0.3 is 0 Å². The third-order valence-corrected chi connectivity index (χ3v) is 4.58. The molecule has 4 nitrogen and oxygen atoms in total. The normalized spacial score (nSPS) is 24.7. The van der Waals surface area contributed by atoms with Crippen molar-refractivity contribution >= 4 is 5.91 Å². The second kappa shape index (κ2) is 7.25. The maximum absolute atomic E-state index is 11.9. The molecule has 2 aliphatic rings. The quantitative estimate of drug-likeness (QED) is 0.678. The summed E-state index contributed by atoms with van der Waals surface area (Å²) in [6.07, 6.45) is 9.08. The maximum atomic E-state index is 11.9. The van der Waals surface area contributed by atoms with E-state index in [-0.39, 0.29) is 5.91 Å². The van der Waals surface area contributed by atoms with Crippen molar-refractivity contribution in [2.24, 2.45) is 5.92 Å². The van der Waals surface area contributed by atoms with Crippen molar-refractivity contribution in [1.82, 2.24) is 10.6 Å². The van der Waals surface area contributed by atoms with E-state index < -0.39 is 5.60 Å². The number of carbonyl (C=O) groups excluding carboxylic acids is 1. The first kappa shape index (κ1) is 14.8. The number of piperidine rings is 1. The van der Waals surface area contributed by atoms with Crippen molar-refractivity contribution in [3.05, 3.63) is 0 Å². The van der Waals surface area contributed by atoms with Crippen LogP contribution in [0.3, 0.4) is 0 Å². The van der Waals surface area contributed by atoms with E-state index in [0.717, 1.165) is 51.6 Å². The minimum Gasteiger partial charge on any atom is -0.388 e. The van der Waals surface area contributed by atoms with E-state index in [0.29, 0.717) is 18.9 Å². The van der Waals surface area contributed by atoms with Gasteiger partial charge in [-0.2, -0.15) is 0 Å². The summed E-state index contributed by atoms with van der Waals surface area (Å²) in [7, 11) is 0.